The van der Waals surface area contributed by atoms with E-state index in [9.17, 15) is 0 Å². The first-order chi connectivity index (χ1) is 13.1. The summed E-state index contributed by atoms with van der Waals surface area (Å²) < 4.78 is 11.1. The zero-order valence-corrected chi connectivity index (χ0v) is 18.8. The summed E-state index contributed by atoms with van der Waals surface area (Å²) in [5, 5.41) is 3.13. The van der Waals surface area contributed by atoms with E-state index in [0.29, 0.717) is 30.9 Å². The minimum Gasteiger partial charge on any atom is -0.472 e. The van der Waals surface area contributed by atoms with Crippen LogP contribution in [0.4, 0.5) is 5.69 Å². The van der Waals surface area contributed by atoms with E-state index in [1.54, 1.807) is 6.20 Å². The summed E-state index contributed by atoms with van der Waals surface area (Å²) in [6.45, 7) is 6.25. The molecular weight excluding hydrogens is 467 g/mol. The molecule has 1 aromatic heterocycles. The number of rotatable bonds is 7. The maximum absolute atomic E-state index is 6.02. The summed E-state index contributed by atoms with van der Waals surface area (Å²) in [7, 11) is 0. The van der Waals surface area contributed by atoms with E-state index >= 15 is 0 Å². The molecule has 2 unspecified atom stereocenters. The lowest BCUT2D eigenvalue weighted by Crippen LogP contribution is -2.22. The molecule has 0 spiro atoms. The van der Waals surface area contributed by atoms with E-state index in [1.165, 1.54) is 5.56 Å². The molecule has 0 bridgehead atoms. The molecule has 6 nitrogen and oxygen atoms in total. The molecule has 2 atom stereocenters. The number of pyridine rings is 1. The van der Waals surface area contributed by atoms with Crippen LogP contribution in [0.1, 0.15) is 43.7 Å². The summed E-state index contributed by atoms with van der Waals surface area (Å²) in [4.78, 5) is 8.67. The Morgan fingerprint density at radius 3 is 2.82 bits per heavy atom. The lowest BCUT2D eigenvalue weighted by molar-refractivity contribution is 0.138. The molecule has 1 saturated heterocycles. The Bertz CT molecular complexity index is 761. The van der Waals surface area contributed by atoms with Crippen LogP contribution in [-0.2, 0) is 11.3 Å². The van der Waals surface area contributed by atoms with Gasteiger partial charge in [0.15, 0.2) is 5.96 Å². The molecule has 1 aliphatic heterocycles. The van der Waals surface area contributed by atoms with Crippen molar-refractivity contribution in [3.8, 4) is 5.88 Å². The average Bonchev–Trinajstić information content (AvgIpc) is 3.20. The molecule has 1 aromatic carbocycles. The fourth-order valence-electron chi connectivity index (χ4n) is 2.88. The lowest BCUT2D eigenvalue weighted by atomic mass is 9.99. The van der Waals surface area contributed by atoms with Gasteiger partial charge in [0.05, 0.1) is 19.8 Å². The van der Waals surface area contributed by atoms with Gasteiger partial charge in [-0.15, -0.1) is 24.0 Å². The van der Waals surface area contributed by atoms with Crippen LogP contribution >= 0.6 is 24.0 Å². The SMILES string of the molecule is CCC(C)c1ccc(NC(N)=NCc2ccnc(OC3CCOC3)c2)cc1.I. The highest BCUT2D eigenvalue weighted by molar-refractivity contribution is 14.0. The van der Waals surface area contributed by atoms with Gasteiger partial charge in [-0.3, -0.25) is 0 Å². The Morgan fingerprint density at radius 2 is 2.14 bits per heavy atom. The monoisotopic (exact) mass is 496 g/mol. The fraction of sp³-hybridized carbons (Fsp3) is 0.429. The van der Waals surface area contributed by atoms with E-state index in [4.69, 9.17) is 15.2 Å². The number of hydrogen-bond acceptors (Lipinski definition) is 4. The largest absolute Gasteiger partial charge is 0.472 e. The van der Waals surface area contributed by atoms with Gasteiger partial charge in [-0.2, -0.15) is 0 Å². The van der Waals surface area contributed by atoms with Gasteiger partial charge in [-0.25, -0.2) is 9.98 Å². The molecule has 3 N–H and O–H groups in total. The number of aromatic nitrogens is 1. The van der Waals surface area contributed by atoms with Crippen molar-refractivity contribution in [2.45, 2.75) is 45.3 Å². The molecule has 2 heterocycles. The quantitative estimate of drug-likeness (QED) is 0.339. The Kier molecular flexibility index (Phi) is 8.98. The van der Waals surface area contributed by atoms with Crippen LogP contribution in [0.5, 0.6) is 5.88 Å². The Labute approximate surface area is 184 Å². The van der Waals surface area contributed by atoms with Gasteiger partial charge in [0.1, 0.15) is 6.10 Å². The molecule has 1 fully saturated rings. The minimum atomic E-state index is 0. The third-order valence-electron chi connectivity index (χ3n) is 4.77. The standard InChI is InChI=1S/C21H28N4O2.HI/c1-3-15(2)17-4-6-18(7-5-17)25-21(22)24-13-16-8-10-23-20(12-16)27-19-9-11-26-14-19;/h4-8,10,12,15,19H,3,9,11,13-14H2,1-2H3,(H3,22,24,25);1H. The number of guanidine groups is 1. The summed E-state index contributed by atoms with van der Waals surface area (Å²) in [5.74, 6) is 1.55. The number of hydrogen-bond donors (Lipinski definition) is 2. The van der Waals surface area contributed by atoms with Crippen LogP contribution in [0.15, 0.2) is 47.6 Å². The smallest absolute Gasteiger partial charge is 0.213 e. The molecule has 2 aromatic rings. The molecule has 3 rings (SSSR count). The first-order valence-electron chi connectivity index (χ1n) is 9.50. The topological polar surface area (TPSA) is 81.8 Å². The van der Waals surface area contributed by atoms with Gasteiger partial charge in [-0.05, 0) is 41.7 Å². The third kappa shape index (κ3) is 6.63. The Hall–Kier alpha value is -1.87. The molecule has 0 radical (unpaired) electrons. The molecule has 0 aliphatic carbocycles. The number of nitrogens with zero attached hydrogens (tertiary/aromatic N) is 2. The normalized spacial score (nSPS) is 17.6. The van der Waals surface area contributed by atoms with Gasteiger partial charge >= 0.3 is 0 Å². The van der Waals surface area contributed by atoms with Crippen molar-refractivity contribution in [3.05, 3.63) is 53.7 Å². The molecule has 0 saturated carbocycles. The van der Waals surface area contributed by atoms with E-state index in [-0.39, 0.29) is 30.1 Å². The number of ether oxygens (including phenoxy) is 2. The predicted octanol–water partition coefficient (Wildman–Crippen LogP) is 4.31. The average molecular weight is 496 g/mol. The van der Waals surface area contributed by atoms with E-state index < -0.39 is 0 Å². The summed E-state index contributed by atoms with van der Waals surface area (Å²) in [5.41, 5.74) is 9.28. The van der Waals surface area contributed by atoms with Gasteiger partial charge in [0.2, 0.25) is 5.88 Å². The number of nitrogens with two attached hydrogens (primary N) is 1. The molecule has 7 heteroatoms. The van der Waals surface area contributed by atoms with Crippen LogP contribution in [0.3, 0.4) is 0 Å². The third-order valence-corrected chi connectivity index (χ3v) is 4.77. The Balaban J connectivity index is 0.00000280. The number of nitrogens with one attached hydrogen (secondary N) is 1. The van der Waals surface area contributed by atoms with Crippen molar-refractivity contribution in [1.82, 2.24) is 4.98 Å². The minimum absolute atomic E-state index is 0. The highest BCUT2D eigenvalue weighted by Crippen LogP contribution is 2.20. The van der Waals surface area contributed by atoms with Crippen LogP contribution in [0.2, 0.25) is 0 Å². The predicted molar refractivity (Wildman–Crippen MR) is 124 cm³/mol. The summed E-state index contributed by atoms with van der Waals surface area (Å²) in [6, 6.07) is 12.1. The van der Waals surface area contributed by atoms with Gasteiger partial charge in [0, 0.05) is 24.4 Å². The van der Waals surface area contributed by atoms with Gasteiger partial charge in [-0.1, -0.05) is 26.0 Å². The maximum atomic E-state index is 6.02. The molecule has 152 valence electrons. The second-order valence-electron chi connectivity index (χ2n) is 6.86. The van der Waals surface area contributed by atoms with Crippen molar-refractivity contribution in [2.24, 2.45) is 10.7 Å². The van der Waals surface area contributed by atoms with Crippen molar-refractivity contribution in [2.75, 3.05) is 18.5 Å². The lowest BCUT2D eigenvalue weighted by Gasteiger charge is -2.12. The van der Waals surface area contributed by atoms with E-state index in [2.05, 4.69) is 41.3 Å². The highest BCUT2D eigenvalue weighted by atomic mass is 127. The molecule has 0 amide bonds. The van der Waals surface area contributed by atoms with Crippen molar-refractivity contribution >= 4 is 35.6 Å². The zero-order chi connectivity index (χ0) is 19.1. The summed E-state index contributed by atoms with van der Waals surface area (Å²) in [6.07, 6.45) is 3.84. The van der Waals surface area contributed by atoms with E-state index in [0.717, 1.165) is 30.7 Å². The molecular formula is C21H29IN4O2. The first kappa shape index (κ1) is 22.4. The fourth-order valence-corrected chi connectivity index (χ4v) is 2.88. The van der Waals surface area contributed by atoms with Crippen LogP contribution in [-0.4, -0.2) is 30.3 Å². The van der Waals surface area contributed by atoms with Crippen LogP contribution in [0.25, 0.3) is 0 Å². The van der Waals surface area contributed by atoms with Crippen molar-refractivity contribution < 1.29 is 9.47 Å². The van der Waals surface area contributed by atoms with Gasteiger partial charge < -0.3 is 20.5 Å². The Morgan fingerprint density at radius 1 is 1.36 bits per heavy atom. The van der Waals surface area contributed by atoms with Crippen molar-refractivity contribution in [1.29, 1.82) is 0 Å². The second kappa shape index (κ2) is 11.2. The highest BCUT2D eigenvalue weighted by Gasteiger charge is 2.17. The second-order valence-corrected chi connectivity index (χ2v) is 6.86. The van der Waals surface area contributed by atoms with Crippen LogP contribution < -0.4 is 15.8 Å². The maximum Gasteiger partial charge on any atom is 0.213 e. The van der Waals surface area contributed by atoms with Gasteiger partial charge in [0.25, 0.3) is 0 Å². The van der Waals surface area contributed by atoms with Crippen molar-refractivity contribution in [3.63, 3.8) is 0 Å². The van der Waals surface area contributed by atoms with E-state index in [1.807, 2.05) is 24.3 Å². The summed E-state index contributed by atoms with van der Waals surface area (Å²) >= 11 is 0. The number of benzene rings is 1. The first-order valence-corrected chi connectivity index (χ1v) is 9.50. The molecule has 28 heavy (non-hydrogen) atoms. The number of aliphatic imine (C=N–C) groups is 1. The zero-order valence-electron chi connectivity index (χ0n) is 16.4. The number of halogens is 1. The number of anilines is 1. The molecule has 1 aliphatic rings. The van der Waals surface area contributed by atoms with Crippen LogP contribution in [0, 0.1) is 0 Å².